The van der Waals surface area contributed by atoms with E-state index in [2.05, 4.69) is 27.9 Å². The highest BCUT2D eigenvalue weighted by atomic mass is 127. The molecule has 0 aliphatic heterocycles. The van der Waals surface area contributed by atoms with Crippen molar-refractivity contribution in [1.29, 1.82) is 0 Å². The van der Waals surface area contributed by atoms with Gasteiger partial charge in [0.1, 0.15) is 11.5 Å². The van der Waals surface area contributed by atoms with Crippen molar-refractivity contribution in [2.24, 2.45) is 0 Å². The third-order valence-electron chi connectivity index (χ3n) is 2.44. The first-order valence-corrected chi connectivity index (χ1v) is 7.23. The number of rotatable bonds is 5. The number of hydrogen-bond donors (Lipinski definition) is 1. The summed E-state index contributed by atoms with van der Waals surface area (Å²) in [6.07, 6.45) is 3.05. The van der Waals surface area contributed by atoms with Gasteiger partial charge in [0.05, 0.1) is 12.3 Å². The van der Waals surface area contributed by atoms with E-state index in [-0.39, 0.29) is 5.91 Å². The van der Waals surface area contributed by atoms with E-state index in [9.17, 15) is 4.79 Å². The Bertz CT molecular complexity index is 619. The molecule has 0 radical (unpaired) electrons. The van der Waals surface area contributed by atoms with E-state index < -0.39 is 0 Å². The van der Waals surface area contributed by atoms with Gasteiger partial charge in [-0.2, -0.15) is 0 Å². The Labute approximate surface area is 131 Å². The molecule has 0 aliphatic rings. The molecule has 2 rings (SSSR count). The van der Waals surface area contributed by atoms with Gasteiger partial charge in [0, 0.05) is 6.08 Å². The Morgan fingerprint density at radius 3 is 2.85 bits per heavy atom. The Hall–Kier alpha value is -1.76. The Kier molecular flexibility index (Phi) is 5.23. The number of furan rings is 1. The zero-order chi connectivity index (χ0) is 14.4. The van der Waals surface area contributed by atoms with Crippen LogP contribution in [0.15, 0.2) is 46.9 Å². The highest BCUT2D eigenvalue weighted by molar-refractivity contribution is 14.1. The smallest absolute Gasteiger partial charge is 0.248 e. The zero-order valence-electron chi connectivity index (χ0n) is 10.9. The van der Waals surface area contributed by atoms with Gasteiger partial charge < -0.3 is 14.5 Å². The summed E-state index contributed by atoms with van der Waals surface area (Å²) in [5, 5.41) is 2.78. The third-order valence-corrected chi connectivity index (χ3v) is 3.02. The summed E-state index contributed by atoms with van der Waals surface area (Å²) < 4.78 is 11.6. The SMILES string of the molecule is CCOc1ccccc1NC(=O)/C=C/c1ccc(I)o1. The van der Waals surface area contributed by atoms with E-state index in [0.29, 0.717) is 23.8 Å². The Morgan fingerprint density at radius 1 is 1.35 bits per heavy atom. The number of halogens is 1. The number of hydrogen-bond acceptors (Lipinski definition) is 3. The quantitative estimate of drug-likeness (QED) is 0.629. The summed E-state index contributed by atoms with van der Waals surface area (Å²) in [6.45, 7) is 2.45. The molecule has 0 saturated carbocycles. The molecule has 104 valence electrons. The fraction of sp³-hybridized carbons (Fsp3) is 0.133. The average molecular weight is 383 g/mol. The van der Waals surface area contributed by atoms with Crippen molar-refractivity contribution in [2.75, 3.05) is 11.9 Å². The molecular weight excluding hydrogens is 369 g/mol. The fourth-order valence-electron chi connectivity index (χ4n) is 1.60. The van der Waals surface area contributed by atoms with Crippen LogP contribution >= 0.6 is 22.6 Å². The van der Waals surface area contributed by atoms with Gasteiger partial charge in [0.25, 0.3) is 0 Å². The lowest BCUT2D eigenvalue weighted by Crippen LogP contribution is -2.09. The average Bonchev–Trinajstić information content (AvgIpc) is 2.85. The molecule has 1 amide bonds. The maximum atomic E-state index is 11.9. The number of para-hydroxylation sites is 2. The second kappa shape index (κ2) is 7.14. The molecule has 0 bridgehead atoms. The van der Waals surface area contributed by atoms with Crippen LogP contribution in [0.1, 0.15) is 12.7 Å². The van der Waals surface area contributed by atoms with Gasteiger partial charge >= 0.3 is 0 Å². The normalized spacial score (nSPS) is 10.7. The van der Waals surface area contributed by atoms with Crippen LogP contribution in [0, 0.1) is 3.77 Å². The number of ether oxygens (including phenoxy) is 1. The molecule has 1 N–H and O–H groups in total. The molecule has 0 unspecified atom stereocenters. The molecule has 20 heavy (non-hydrogen) atoms. The number of nitrogens with one attached hydrogen (secondary N) is 1. The topological polar surface area (TPSA) is 51.5 Å². The predicted octanol–water partition coefficient (Wildman–Crippen LogP) is 3.93. The van der Waals surface area contributed by atoms with Crippen molar-refractivity contribution < 1.29 is 13.9 Å². The van der Waals surface area contributed by atoms with E-state index in [1.54, 1.807) is 18.2 Å². The van der Waals surface area contributed by atoms with E-state index >= 15 is 0 Å². The van der Waals surface area contributed by atoms with Gasteiger partial charge in [-0.05, 0) is 59.9 Å². The van der Waals surface area contributed by atoms with Crippen molar-refractivity contribution in [1.82, 2.24) is 0 Å². The van der Waals surface area contributed by atoms with Crippen LogP contribution in [0.4, 0.5) is 5.69 Å². The van der Waals surface area contributed by atoms with Gasteiger partial charge in [-0.3, -0.25) is 4.79 Å². The molecule has 0 aliphatic carbocycles. The molecule has 0 spiro atoms. The van der Waals surface area contributed by atoms with Crippen molar-refractivity contribution in [3.63, 3.8) is 0 Å². The third kappa shape index (κ3) is 4.12. The number of carbonyl (C=O) groups excluding carboxylic acids is 1. The minimum atomic E-state index is -0.233. The Morgan fingerprint density at radius 2 is 2.15 bits per heavy atom. The van der Waals surface area contributed by atoms with Crippen LogP contribution < -0.4 is 10.1 Å². The first kappa shape index (κ1) is 14.6. The van der Waals surface area contributed by atoms with Gasteiger partial charge in [-0.15, -0.1) is 0 Å². The van der Waals surface area contributed by atoms with Gasteiger partial charge in [0.2, 0.25) is 5.91 Å². The molecule has 0 fully saturated rings. The van der Waals surface area contributed by atoms with Crippen LogP contribution in [0.25, 0.3) is 6.08 Å². The maximum Gasteiger partial charge on any atom is 0.248 e. The summed E-state index contributed by atoms with van der Waals surface area (Å²) in [7, 11) is 0. The van der Waals surface area contributed by atoms with Crippen LogP contribution in [-0.4, -0.2) is 12.5 Å². The fourth-order valence-corrected chi connectivity index (χ4v) is 2.04. The van der Waals surface area contributed by atoms with Crippen molar-refractivity contribution in [3.8, 4) is 5.75 Å². The van der Waals surface area contributed by atoms with Crippen molar-refractivity contribution in [2.45, 2.75) is 6.92 Å². The molecule has 0 atom stereocenters. The number of carbonyl (C=O) groups is 1. The maximum absolute atomic E-state index is 11.9. The lowest BCUT2D eigenvalue weighted by molar-refractivity contribution is -0.111. The lowest BCUT2D eigenvalue weighted by atomic mass is 10.3. The molecule has 5 heteroatoms. The molecule has 4 nitrogen and oxygen atoms in total. The largest absolute Gasteiger partial charge is 0.492 e. The highest BCUT2D eigenvalue weighted by Crippen LogP contribution is 2.23. The van der Waals surface area contributed by atoms with Crippen LogP contribution in [0.3, 0.4) is 0 Å². The first-order chi connectivity index (χ1) is 9.69. The molecule has 1 heterocycles. The van der Waals surface area contributed by atoms with Gasteiger partial charge in [0.15, 0.2) is 3.77 Å². The summed E-state index contributed by atoms with van der Waals surface area (Å²) in [5.41, 5.74) is 0.651. The predicted molar refractivity (Wildman–Crippen MR) is 86.7 cm³/mol. The number of amides is 1. The molecular formula is C15H14INO3. The lowest BCUT2D eigenvalue weighted by Gasteiger charge is -2.09. The second-order valence-corrected chi connectivity index (χ2v) is 4.96. The molecule has 2 aromatic rings. The summed E-state index contributed by atoms with van der Waals surface area (Å²) >= 11 is 2.07. The van der Waals surface area contributed by atoms with Crippen LogP contribution in [0.2, 0.25) is 0 Å². The summed E-state index contributed by atoms with van der Waals surface area (Å²) in [6, 6.07) is 11.0. The summed E-state index contributed by atoms with van der Waals surface area (Å²) in [5.74, 6) is 1.07. The molecule has 1 aromatic carbocycles. The van der Waals surface area contributed by atoms with Crippen molar-refractivity contribution >= 4 is 40.3 Å². The first-order valence-electron chi connectivity index (χ1n) is 6.15. The second-order valence-electron chi connectivity index (χ2n) is 3.89. The number of anilines is 1. The molecule has 1 aromatic heterocycles. The monoisotopic (exact) mass is 383 g/mol. The highest BCUT2D eigenvalue weighted by Gasteiger charge is 2.05. The zero-order valence-corrected chi connectivity index (χ0v) is 13.1. The Balaban J connectivity index is 2.03. The molecule has 0 saturated heterocycles. The van der Waals surface area contributed by atoms with E-state index in [1.165, 1.54) is 6.08 Å². The van der Waals surface area contributed by atoms with Gasteiger partial charge in [-0.25, -0.2) is 0 Å². The standard InChI is InChI=1S/C15H14INO3/c1-2-19-13-6-4-3-5-12(13)17-15(18)10-8-11-7-9-14(16)20-11/h3-10H,2H2,1H3,(H,17,18)/b10-8+. The van der Waals surface area contributed by atoms with Crippen molar-refractivity contribution in [3.05, 3.63) is 52.0 Å². The van der Waals surface area contributed by atoms with Gasteiger partial charge in [-0.1, -0.05) is 12.1 Å². The van der Waals surface area contributed by atoms with Crippen LogP contribution in [0.5, 0.6) is 5.75 Å². The van der Waals surface area contributed by atoms with Crippen LogP contribution in [-0.2, 0) is 4.79 Å². The van der Waals surface area contributed by atoms with E-state index in [1.807, 2.05) is 31.2 Å². The number of benzene rings is 1. The minimum Gasteiger partial charge on any atom is -0.492 e. The minimum absolute atomic E-state index is 0.233. The summed E-state index contributed by atoms with van der Waals surface area (Å²) in [4.78, 5) is 11.9. The van der Waals surface area contributed by atoms with E-state index in [0.717, 1.165) is 3.77 Å². The van der Waals surface area contributed by atoms with E-state index in [4.69, 9.17) is 9.15 Å².